The highest BCUT2D eigenvalue weighted by atomic mass is 32.2. The Morgan fingerprint density at radius 2 is 2.30 bits per heavy atom. The van der Waals surface area contributed by atoms with E-state index in [-0.39, 0.29) is 17.5 Å². The first-order valence-corrected chi connectivity index (χ1v) is 9.12. The molecule has 0 bridgehead atoms. The average molecular weight is 338 g/mol. The number of hydrogen-bond acceptors (Lipinski definition) is 5. The van der Waals surface area contributed by atoms with Crippen molar-refractivity contribution in [1.82, 2.24) is 20.2 Å². The molecule has 6 nitrogen and oxygen atoms in total. The molecule has 1 aliphatic rings. The molecule has 1 saturated heterocycles. The quantitative estimate of drug-likeness (QED) is 0.833. The van der Waals surface area contributed by atoms with Crippen LogP contribution in [0.5, 0.6) is 0 Å². The molecule has 1 aromatic heterocycles. The first-order chi connectivity index (χ1) is 11.1. The Balaban J connectivity index is 1.73. The second-order valence-corrected chi connectivity index (χ2v) is 7.20. The van der Waals surface area contributed by atoms with E-state index in [1.165, 1.54) is 10.7 Å². The van der Waals surface area contributed by atoms with E-state index in [1.807, 2.05) is 6.92 Å². The molecular formula is C15H19FN4O2S. The van der Waals surface area contributed by atoms with Crippen molar-refractivity contribution in [3.8, 4) is 5.69 Å². The van der Waals surface area contributed by atoms with Crippen molar-refractivity contribution in [2.24, 2.45) is 0 Å². The Hall–Kier alpha value is -1.67. The van der Waals surface area contributed by atoms with Gasteiger partial charge < -0.3 is 4.74 Å². The number of rotatable bonds is 5. The van der Waals surface area contributed by atoms with Gasteiger partial charge in [0.25, 0.3) is 0 Å². The number of aryl methyl sites for hydroxylation is 1. The smallest absolute Gasteiger partial charge is 0.169 e. The molecule has 0 N–H and O–H groups in total. The monoisotopic (exact) mass is 338 g/mol. The molecule has 0 spiro atoms. The van der Waals surface area contributed by atoms with Crippen molar-refractivity contribution in [3.05, 3.63) is 35.4 Å². The molecular weight excluding hydrogens is 319 g/mol. The van der Waals surface area contributed by atoms with Gasteiger partial charge in [-0.15, -0.1) is 5.10 Å². The molecule has 1 aromatic carbocycles. The lowest BCUT2D eigenvalue weighted by atomic mass is 10.1. The Labute approximate surface area is 136 Å². The molecule has 1 fully saturated rings. The Morgan fingerprint density at radius 3 is 3.09 bits per heavy atom. The van der Waals surface area contributed by atoms with Crippen molar-refractivity contribution in [2.75, 3.05) is 12.4 Å². The first-order valence-electron chi connectivity index (χ1n) is 7.64. The summed E-state index contributed by atoms with van der Waals surface area (Å²) in [5.41, 5.74) is 1.18. The topological polar surface area (TPSA) is 69.9 Å². The van der Waals surface area contributed by atoms with Gasteiger partial charge in [-0.3, -0.25) is 4.21 Å². The minimum atomic E-state index is -1.15. The van der Waals surface area contributed by atoms with Crippen LogP contribution in [0.4, 0.5) is 4.39 Å². The molecule has 2 unspecified atom stereocenters. The van der Waals surface area contributed by atoms with E-state index in [4.69, 9.17) is 4.74 Å². The van der Waals surface area contributed by atoms with Crippen molar-refractivity contribution < 1.29 is 13.3 Å². The fourth-order valence-corrected chi connectivity index (χ4v) is 3.88. The fraction of sp³-hybridized carbons (Fsp3) is 0.533. The minimum absolute atomic E-state index is 0.0321. The van der Waals surface area contributed by atoms with Gasteiger partial charge in [0.05, 0.1) is 17.6 Å². The molecule has 8 heteroatoms. The van der Waals surface area contributed by atoms with E-state index >= 15 is 0 Å². The van der Waals surface area contributed by atoms with Gasteiger partial charge in [0.1, 0.15) is 11.5 Å². The number of ether oxygens (including phenoxy) is 1. The molecule has 3 rings (SSSR count). The maximum Gasteiger partial charge on any atom is 0.169 e. The summed E-state index contributed by atoms with van der Waals surface area (Å²) in [4.78, 5) is 0. The molecule has 1 aliphatic heterocycles. The van der Waals surface area contributed by atoms with Gasteiger partial charge in [-0.05, 0) is 54.3 Å². The van der Waals surface area contributed by atoms with Crippen molar-refractivity contribution in [3.63, 3.8) is 0 Å². The van der Waals surface area contributed by atoms with Crippen molar-refractivity contribution in [1.29, 1.82) is 0 Å². The summed E-state index contributed by atoms with van der Waals surface area (Å²) >= 11 is 0. The van der Waals surface area contributed by atoms with Crippen LogP contribution >= 0.6 is 0 Å². The molecule has 2 atom stereocenters. The highest BCUT2D eigenvalue weighted by Crippen LogP contribution is 2.17. The predicted molar refractivity (Wildman–Crippen MR) is 84.2 cm³/mol. The summed E-state index contributed by atoms with van der Waals surface area (Å²) in [6.07, 6.45) is 3.13. The Kier molecular flexibility index (Phi) is 5.12. The van der Waals surface area contributed by atoms with Gasteiger partial charge in [-0.1, -0.05) is 6.07 Å². The van der Waals surface area contributed by atoms with Crippen LogP contribution in [-0.2, 0) is 21.3 Å². The minimum Gasteiger partial charge on any atom is -0.377 e. The summed E-state index contributed by atoms with van der Waals surface area (Å²) in [6.45, 7) is 2.60. The molecule has 2 heterocycles. The normalized spacial score (nSPS) is 19.7. The second kappa shape index (κ2) is 7.27. The summed E-state index contributed by atoms with van der Waals surface area (Å²) in [7, 11) is -1.15. The van der Waals surface area contributed by atoms with Gasteiger partial charge in [0.2, 0.25) is 0 Å². The maximum atomic E-state index is 14.0. The number of aromatic nitrogens is 4. The van der Waals surface area contributed by atoms with Gasteiger partial charge in [0.15, 0.2) is 5.82 Å². The van der Waals surface area contributed by atoms with Gasteiger partial charge in [-0.25, -0.2) is 4.39 Å². The lowest BCUT2D eigenvalue weighted by Gasteiger charge is -2.21. The second-order valence-electron chi connectivity index (χ2n) is 5.70. The number of tetrazole rings is 1. The van der Waals surface area contributed by atoms with E-state index in [1.54, 1.807) is 12.1 Å². The van der Waals surface area contributed by atoms with Crippen LogP contribution in [-0.4, -0.2) is 42.9 Å². The van der Waals surface area contributed by atoms with Gasteiger partial charge in [-0.2, -0.15) is 4.68 Å². The van der Waals surface area contributed by atoms with Crippen LogP contribution in [0, 0.1) is 12.7 Å². The fourth-order valence-electron chi connectivity index (χ4n) is 2.62. The third-order valence-electron chi connectivity index (χ3n) is 3.80. The standard InChI is InChI=1S/C15H19FN4O2S/c1-11-5-6-13(16)14(8-11)20-15(17-18-19-20)10-23(21)9-12-4-2-3-7-22-12/h5-6,8,12H,2-4,7,9-10H2,1H3. The maximum absolute atomic E-state index is 14.0. The molecule has 23 heavy (non-hydrogen) atoms. The molecule has 0 radical (unpaired) electrons. The molecule has 2 aromatic rings. The van der Waals surface area contributed by atoms with Crippen molar-refractivity contribution >= 4 is 10.8 Å². The first kappa shape index (κ1) is 16.2. The van der Waals surface area contributed by atoms with Crippen LogP contribution in [0.2, 0.25) is 0 Å². The van der Waals surface area contributed by atoms with Crippen LogP contribution in [0.15, 0.2) is 18.2 Å². The van der Waals surface area contributed by atoms with E-state index in [2.05, 4.69) is 15.5 Å². The summed E-state index contributed by atoms with van der Waals surface area (Å²) < 4.78 is 33.3. The van der Waals surface area contributed by atoms with Crippen LogP contribution < -0.4 is 0 Å². The number of nitrogens with zero attached hydrogens (tertiary/aromatic N) is 4. The van der Waals surface area contributed by atoms with Crippen LogP contribution in [0.3, 0.4) is 0 Å². The van der Waals surface area contributed by atoms with Crippen LogP contribution in [0.25, 0.3) is 5.69 Å². The molecule has 0 amide bonds. The molecule has 124 valence electrons. The Bertz CT molecular complexity index is 701. The van der Waals surface area contributed by atoms with E-state index < -0.39 is 16.6 Å². The van der Waals surface area contributed by atoms with E-state index in [9.17, 15) is 8.60 Å². The zero-order valence-electron chi connectivity index (χ0n) is 12.9. The van der Waals surface area contributed by atoms with Gasteiger partial charge >= 0.3 is 0 Å². The highest BCUT2D eigenvalue weighted by Gasteiger charge is 2.20. The number of hydrogen-bond donors (Lipinski definition) is 0. The third kappa shape index (κ3) is 4.00. The largest absolute Gasteiger partial charge is 0.377 e. The average Bonchev–Trinajstić information content (AvgIpc) is 2.98. The van der Waals surface area contributed by atoms with Crippen molar-refractivity contribution in [2.45, 2.75) is 38.0 Å². The molecule has 0 aliphatic carbocycles. The zero-order chi connectivity index (χ0) is 16.2. The third-order valence-corrected chi connectivity index (χ3v) is 5.12. The SMILES string of the molecule is Cc1ccc(F)c(-n2nnnc2CS(=O)CC2CCCCO2)c1. The lowest BCUT2D eigenvalue weighted by molar-refractivity contribution is 0.0310. The summed E-state index contributed by atoms with van der Waals surface area (Å²) in [5.74, 6) is 0.623. The Morgan fingerprint density at radius 1 is 1.43 bits per heavy atom. The van der Waals surface area contributed by atoms with E-state index in [0.717, 1.165) is 31.4 Å². The highest BCUT2D eigenvalue weighted by molar-refractivity contribution is 7.84. The lowest BCUT2D eigenvalue weighted by Crippen LogP contribution is -2.26. The number of halogens is 1. The summed E-state index contributed by atoms with van der Waals surface area (Å²) in [6, 6.07) is 4.73. The van der Waals surface area contributed by atoms with Crippen LogP contribution in [0.1, 0.15) is 30.7 Å². The zero-order valence-corrected chi connectivity index (χ0v) is 13.8. The van der Waals surface area contributed by atoms with E-state index in [0.29, 0.717) is 11.6 Å². The molecule has 0 saturated carbocycles. The number of benzene rings is 1. The summed E-state index contributed by atoms with van der Waals surface area (Å²) in [5, 5.41) is 11.3. The van der Waals surface area contributed by atoms with Gasteiger partial charge in [0, 0.05) is 17.4 Å². The predicted octanol–water partition coefficient (Wildman–Crippen LogP) is 1.93.